The minimum Gasteiger partial charge on any atom is -0.480 e. The highest BCUT2D eigenvalue weighted by Gasteiger charge is 2.05. The Kier molecular flexibility index (Phi) is 2.48. The van der Waals surface area contributed by atoms with Crippen molar-refractivity contribution in [2.24, 2.45) is 7.05 Å². The molecule has 0 bridgehead atoms. The van der Waals surface area contributed by atoms with E-state index in [4.69, 9.17) is 9.47 Å². The number of methoxy groups -OCH3 is 2. The number of nitrogens with zero attached hydrogens (tertiary/aromatic N) is 2. The second kappa shape index (κ2) is 3.39. The Morgan fingerprint density at radius 2 is 2.27 bits per heavy atom. The fraction of sp³-hybridized carbons (Fsp3) is 0.571. The summed E-state index contributed by atoms with van der Waals surface area (Å²) in [6, 6.07) is 0. The fourth-order valence-corrected chi connectivity index (χ4v) is 0.944. The monoisotopic (exact) mass is 156 g/mol. The second-order valence-corrected chi connectivity index (χ2v) is 2.27. The van der Waals surface area contributed by atoms with Gasteiger partial charge in [-0.05, 0) is 0 Å². The average Bonchev–Trinajstić information content (AvgIpc) is 2.32. The second-order valence-electron chi connectivity index (χ2n) is 2.27. The molecule has 4 heteroatoms. The fourth-order valence-electron chi connectivity index (χ4n) is 0.944. The summed E-state index contributed by atoms with van der Waals surface area (Å²) in [5.41, 5.74) is 0.970. The van der Waals surface area contributed by atoms with E-state index in [9.17, 15) is 0 Å². The number of aromatic nitrogens is 2. The van der Waals surface area contributed by atoms with Crippen LogP contribution in [-0.4, -0.2) is 24.0 Å². The van der Waals surface area contributed by atoms with Crippen LogP contribution in [0.2, 0.25) is 0 Å². The van der Waals surface area contributed by atoms with Gasteiger partial charge in [0, 0.05) is 20.4 Å². The summed E-state index contributed by atoms with van der Waals surface area (Å²) < 4.78 is 11.7. The summed E-state index contributed by atoms with van der Waals surface area (Å²) in [4.78, 5) is 0. The molecular weight excluding hydrogens is 144 g/mol. The molecule has 1 aromatic heterocycles. The molecule has 0 aromatic carbocycles. The summed E-state index contributed by atoms with van der Waals surface area (Å²) in [5.74, 6) is 0.634. The lowest BCUT2D eigenvalue weighted by Crippen LogP contribution is -1.90. The quantitative estimate of drug-likeness (QED) is 0.642. The molecule has 11 heavy (non-hydrogen) atoms. The molecule has 0 unspecified atom stereocenters. The first-order valence-corrected chi connectivity index (χ1v) is 3.33. The first kappa shape index (κ1) is 8.07. The van der Waals surface area contributed by atoms with Crippen LogP contribution in [0.3, 0.4) is 0 Å². The molecule has 0 aliphatic carbocycles. The van der Waals surface area contributed by atoms with Crippen molar-refractivity contribution < 1.29 is 9.47 Å². The third-order valence-corrected chi connectivity index (χ3v) is 1.36. The average molecular weight is 156 g/mol. The van der Waals surface area contributed by atoms with E-state index in [1.165, 1.54) is 0 Å². The van der Waals surface area contributed by atoms with Crippen molar-refractivity contribution in [2.45, 2.75) is 6.61 Å². The van der Waals surface area contributed by atoms with Gasteiger partial charge in [-0.15, -0.1) is 5.10 Å². The number of ether oxygens (including phenoxy) is 2. The van der Waals surface area contributed by atoms with Gasteiger partial charge in [-0.25, -0.2) is 0 Å². The van der Waals surface area contributed by atoms with E-state index in [1.54, 1.807) is 18.9 Å². The van der Waals surface area contributed by atoms with E-state index >= 15 is 0 Å². The van der Waals surface area contributed by atoms with Crippen LogP contribution in [-0.2, 0) is 18.4 Å². The molecule has 1 heterocycles. The van der Waals surface area contributed by atoms with Crippen LogP contribution in [0.25, 0.3) is 0 Å². The molecule has 0 saturated heterocycles. The maximum Gasteiger partial charge on any atom is 0.238 e. The molecule has 0 radical (unpaired) electrons. The summed E-state index contributed by atoms with van der Waals surface area (Å²) in [7, 11) is 5.09. The standard InChI is InChI=1S/C7H12N2O2/c1-9-4-6(5-10-2)7(8-9)11-3/h4H,5H2,1-3H3. The molecule has 1 rings (SSSR count). The lowest BCUT2D eigenvalue weighted by Gasteiger charge is -1.96. The first-order chi connectivity index (χ1) is 5.27. The van der Waals surface area contributed by atoms with Crippen LogP contribution in [0.1, 0.15) is 5.56 Å². The van der Waals surface area contributed by atoms with Gasteiger partial charge in [0.15, 0.2) is 0 Å². The predicted molar refractivity (Wildman–Crippen MR) is 40.5 cm³/mol. The van der Waals surface area contributed by atoms with Crippen molar-refractivity contribution in [2.75, 3.05) is 14.2 Å². The van der Waals surface area contributed by atoms with Gasteiger partial charge in [0.25, 0.3) is 0 Å². The Hall–Kier alpha value is -1.03. The van der Waals surface area contributed by atoms with Crippen LogP contribution < -0.4 is 4.74 Å². The summed E-state index contributed by atoms with van der Waals surface area (Å²) in [6.07, 6.45) is 1.88. The summed E-state index contributed by atoms with van der Waals surface area (Å²) in [5, 5.41) is 4.06. The Morgan fingerprint density at radius 3 is 2.82 bits per heavy atom. The van der Waals surface area contributed by atoms with Gasteiger partial charge in [-0.1, -0.05) is 0 Å². The number of hydrogen-bond donors (Lipinski definition) is 0. The van der Waals surface area contributed by atoms with Gasteiger partial charge in [0.2, 0.25) is 5.88 Å². The molecule has 0 fully saturated rings. The van der Waals surface area contributed by atoms with Gasteiger partial charge >= 0.3 is 0 Å². The number of aryl methyl sites for hydroxylation is 1. The lowest BCUT2D eigenvalue weighted by atomic mass is 10.4. The van der Waals surface area contributed by atoms with E-state index in [2.05, 4.69) is 5.10 Å². The van der Waals surface area contributed by atoms with E-state index < -0.39 is 0 Å². The van der Waals surface area contributed by atoms with Gasteiger partial charge in [-0.2, -0.15) is 0 Å². The highest BCUT2D eigenvalue weighted by atomic mass is 16.5. The van der Waals surface area contributed by atoms with Crippen LogP contribution in [0.4, 0.5) is 0 Å². The van der Waals surface area contributed by atoms with E-state index in [0.29, 0.717) is 12.5 Å². The van der Waals surface area contributed by atoms with Gasteiger partial charge < -0.3 is 9.47 Å². The number of rotatable bonds is 3. The van der Waals surface area contributed by atoms with Crippen molar-refractivity contribution >= 4 is 0 Å². The van der Waals surface area contributed by atoms with Gasteiger partial charge in [0.05, 0.1) is 19.3 Å². The van der Waals surface area contributed by atoms with E-state index in [0.717, 1.165) is 5.56 Å². The number of hydrogen-bond acceptors (Lipinski definition) is 3. The maximum atomic E-state index is 5.01. The molecule has 0 saturated carbocycles. The normalized spacial score (nSPS) is 10.1. The summed E-state index contributed by atoms with van der Waals surface area (Å²) in [6.45, 7) is 0.539. The van der Waals surface area contributed by atoms with Crippen molar-refractivity contribution in [1.82, 2.24) is 9.78 Å². The van der Waals surface area contributed by atoms with Crippen LogP contribution >= 0.6 is 0 Å². The molecule has 0 N–H and O–H groups in total. The molecule has 0 aliphatic rings. The van der Waals surface area contributed by atoms with Crippen molar-refractivity contribution in [3.63, 3.8) is 0 Å². The minimum absolute atomic E-state index is 0.539. The lowest BCUT2D eigenvalue weighted by molar-refractivity contribution is 0.181. The van der Waals surface area contributed by atoms with E-state index in [-0.39, 0.29) is 0 Å². The predicted octanol–water partition coefficient (Wildman–Crippen LogP) is 0.575. The smallest absolute Gasteiger partial charge is 0.238 e. The zero-order valence-corrected chi connectivity index (χ0v) is 7.00. The van der Waals surface area contributed by atoms with Crippen LogP contribution in [0.5, 0.6) is 5.88 Å². The maximum absolute atomic E-state index is 5.01. The Bertz CT molecular complexity index is 232. The Morgan fingerprint density at radius 1 is 1.55 bits per heavy atom. The van der Waals surface area contributed by atoms with Crippen LogP contribution in [0, 0.1) is 0 Å². The Labute approximate surface area is 65.7 Å². The SMILES string of the molecule is COCc1cn(C)nc1OC. The molecule has 0 spiro atoms. The topological polar surface area (TPSA) is 36.3 Å². The van der Waals surface area contributed by atoms with Crippen LogP contribution in [0.15, 0.2) is 6.20 Å². The molecule has 1 aromatic rings. The molecule has 0 atom stereocenters. The molecular formula is C7H12N2O2. The van der Waals surface area contributed by atoms with Crippen molar-refractivity contribution in [1.29, 1.82) is 0 Å². The largest absolute Gasteiger partial charge is 0.480 e. The molecule has 4 nitrogen and oxygen atoms in total. The highest BCUT2D eigenvalue weighted by molar-refractivity contribution is 5.21. The van der Waals surface area contributed by atoms with Gasteiger partial charge in [0.1, 0.15) is 0 Å². The molecule has 0 aliphatic heterocycles. The zero-order valence-electron chi connectivity index (χ0n) is 7.00. The highest BCUT2D eigenvalue weighted by Crippen LogP contribution is 2.14. The third-order valence-electron chi connectivity index (χ3n) is 1.36. The summed E-state index contributed by atoms with van der Waals surface area (Å²) >= 11 is 0. The van der Waals surface area contributed by atoms with E-state index in [1.807, 2.05) is 13.2 Å². The third kappa shape index (κ3) is 1.71. The van der Waals surface area contributed by atoms with Crippen molar-refractivity contribution in [3.8, 4) is 5.88 Å². The van der Waals surface area contributed by atoms with Gasteiger partial charge in [-0.3, -0.25) is 4.68 Å². The first-order valence-electron chi connectivity index (χ1n) is 3.33. The molecule has 62 valence electrons. The molecule has 0 amide bonds. The zero-order chi connectivity index (χ0) is 8.27. The Balaban J connectivity index is 2.83. The van der Waals surface area contributed by atoms with Crippen molar-refractivity contribution in [3.05, 3.63) is 11.8 Å². The minimum atomic E-state index is 0.539.